The lowest BCUT2D eigenvalue weighted by Crippen LogP contribution is -2.00. The van der Waals surface area contributed by atoms with Gasteiger partial charge in [-0.1, -0.05) is 42.0 Å². The number of rotatable bonds is 4. The van der Waals surface area contributed by atoms with Crippen molar-refractivity contribution < 1.29 is 0 Å². The third-order valence-corrected chi connectivity index (χ3v) is 4.39. The number of halogens is 1. The Kier molecular flexibility index (Phi) is 5.19. The molecule has 0 unspecified atom stereocenters. The molecule has 0 amide bonds. The summed E-state index contributed by atoms with van der Waals surface area (Å²) >= 11 is 10.4. The van der Waals surface area contributed by atoms with E-state index in [1.165, 1.54) is 4.90 Å². The number of aromatic amines is 1. The molecule has 2 rings (SSSR count). The topological polar surface area (TPSA) is 28.7 Å². The van der Waals surface area contributed by atoms with Crippen LogP contribution in [-0.2, 0) is 5.75 Å². The zero-order valence-electron chi connectivity index (χ0n) is 10.8. The summed E-state index contributed by atoms with van der Waals surface area (Å²) in [7, 11) is 0. The Labute approximate surface area is 131 Å². The lowest BCUT2D eigenvalue weighted by molar-refractivity contribution is 0.797. The summed E-state index contributed by atoms with van der Waals surface area (Å²) in [5.74, 6) is 2.16. The molecular formula is C14H15BrN2S2. The minimum atomic E-state index is 0.432. The largest absolute Gasteiger partial charge is 0.346 e. The quantitative estimate of drug-likeness (QED) is 0.595. The number of H-pyrrole nitrogens is 1. The van der Waals surface area contributed by atoms with Crippen molar-refractivity contribution in [3.63, 3.8) is 0 Å². The fourth-order valence-electron chi connectivity index (χ4n) is 1.59. The first-order valence-electron chi connectivity index (χ1n) is 6.03. The van der Waals surface area contributed by atoms with Gasteiger partial charge in [-0.2, -0.15) is 0 Å². The summed E-state index contributed by atoms with van der Waals surface area (Å²) in [5, 5.41) is 0. The van der Waals surface area contributed by atoms with E-state index < -0.39 is 0 Å². The molecule has 0 aliphatic rings. The Morgan fingerprint density at radius 1 is 1.32 bits per heavy atom. The molecule has 19 heavy (non-hydrogen) atoms. The monoisotopic (exact) mass is 354 g/mol. The van der Waals surface area contributed by atoms with Gasteiger partial charge in [0, 0.05) is 15.1 Å². The average molecular weight is 355 g/mol. The second-order valence-corrected chi connectivity index (χ2v) is 6.90. The van der Waals surface area contributed by atoms with Crippen molar-refractivity contribution in [1.82, 2.24) is 9.97 Å². The van der Waals surface area contributed by atoms with Gasteiger partial charge in [0.1, 0.15) is 10.5 Å². The highest BCUT2D eigenvalue weighted by Gasteiger charge is 2.04. The summed E-state index contributed by atoms with van der Waals surface area (Å²) in [6.07, 6.45) is 0. The van der Waals surface area contributed by atoms with Gasteiger partial charge in [-0.25, -0.2) is 4.98 Å². The van der Waals surface area contributed by atoms with Gasteiger partial charge in [0.15, 0.2) is 0 Å². The number of thioether (sulfide) groups is 1. The first kappa shape index (κ1) is 14.8. The second-order valence-electron chi connectivity index (χ2n) is 4.52. The van der Waals surface area contributed by atoms with E-state index in [4.69, 9.17) is 12.2 Å². The number of hydrogen-bond acceptors (Lipinski definition) is 3. The Morgan fingerprint density at radius 2 is 2.00 bits per heavy atom. The van der Waals surface area contributed by atoms with Crippen molar-refractivity contribution in [3.05, 3.63) is 51.0 Å². The molecule has 0 aliphatic carbocycles. The molecule has 0 bridgehead atoms. The van der Waals surface area contributed by atoms with Crippen molar-refractivity contribution in [3.8, 4) is 0 Å². The fourth-order valence-corrected chi connectivity index (χ4v) is 2.86. The van der Waals surface area contributed by atoms with Gasteiger partial charge >= 0.3 is 0 Å². The van der Waals surface area contributed by atoms with Gasteiger partial charge in [-0.3, -0.25) is 0 Å². The summed E-state index contributed by atoms with van der Waals surface area (Å²) in [6, 6.07) is 10.2. The van der Waals surface area contributed by atoms with Gasteiger partial charge in [0.05, 0.1) is 5.75 Å². The Balaban J connectivity index is 2.11. The molecule has 2 nitrogen and oxygen atoms in total. The molecule has 0 saturated heterocycles. The number of nitrogens with zero attached hydrogens (tertiary/aromatic N) is 1. The molecule has 100 valence electrons. The summed E-state index contributed by atoms with van der Waals surface area (Å²) in [4.78, 5) is 8.96. The van der Waals surface area contributed by atoms with Gasteiger partial charge in [0.2, 0.25) is 0 Å². The fraction of sp³-hybridized carbons (Fsp3) is 0.286. The van der Waals surface area contributed by atoms with Crippen LogP contribution in [0.15, 0.2) is 39.7 Å². The maximum atomic E-state index is 5.21. The minimum absolute atomic E-state index is 0.432. The first-order valence-corrected chi connectivity index (χ1v) is 8.22. The zero-order chi connectivity index (χ0) is 13.8. The molecule has 2 aromatic rings. The van der Waals surface area contributed by atoms with Crippen LogP contribution in [0, 0.1) is 4.64 Å². The summed E-state index contributed by atoms with van der Waals surface area (Å²) in [5.41, 5.74) is 1.14. The van der Waals surface area contributed by atoms with Crippen LogP contribution in [0.5, 0.6) is 0 Å². The molecular weight excluding hydrogens is 340 g/mol. The van der Waals surface area contributed by atoms with E-state index in [1.807, 2.05) is 18.2 Å². The van der Waals surface area contributed by atoms with E-state index in [0.29, 0.717) is 10.6 Å². The van der Waals surface area contributed by atoms with Gasteiger partial charge < -0.3 is 4.98 Å². The first-order chi connectivity index (χ1) is 9.04. The maximum absolute atomic E-state index is 5.21. The molecule has 5 heteroatoms. The Morgan fingerprint density at radius 3 is 2.63 bits per heavy atom. The smallest absolute Gasteiger partial charge is 0.130 e. The highest BCUT2D eigenvalue weighted by Crippen LogP contribution is 2.23. The summed E-state index contributed by atoms with van der Waals surface area (Å²) < 4.78 is 1.75. The van der Waals surface area contributed by atoms with Crippen molar-refractivity contribution in [1.29, 1.82) is 0 Å². The van der Waals surface area contributed by atoms with Crippen LogP contribution in [-0.4, -0.2) is 9.97 Å². The van der Waals surface area contributed by atoms with E-state index in [9.17, 15) is 0 Å². The van der Waals surface area contributed by atoms with Crippen LogP contribution in [0.4, 0.5) is 0 Å². The lowest BCUT2D eigenvalue weighted by Gasteiger charge is -2.08. The van der Waals surface area contributed by atoms with E-state index in [-0.39, 0.29) is 0 Å². The standard InChI is InChI=1S/C14H15BrN2S2/c1-9(2)12-7-14(18)17-13(16-12)8-19-11-5-3-10(15)4-6-11/h3-7,9H,8H2,1-2H3,(H,16,17,18). The molecule has 0 radical (unpaired) electrons. The van der Waals surface area contributed by atoms with E-state index in [1.54, 1.807) is 11.8 Å². The Bertz CT molecular complexity index is 606. The van der Waals surface area contributed by atoms with Gasteiger partial charge in [0.25, 0.3) is 0 Å². The lowest BCUT2D eigenvalue weighted by atomic mass is 10.1. The summed E-state index contributed by atoms with van der Waals surface area (Å²) in [6.45, 7) is 4.29. The molecule has 1 aromatic carbocycles. The van der Waals surface area contributed by atoms with Crippen LogP contribution in [0.2, 0.25) is 0 Å². The minimum Gasteiger partial charge on any atom is -0.346 e. The molecule has 1 heterocycles. The number of benzene rings is 1. The van der Waals surface area contributed by atoms with Gasteiger partial charge in [-0.15, -0.1) is 11.8 Å². The third-order valence-electron chi connectivity index (χ3n) is 2.62. The Hall–Kier alpha value is -0.650. The van der Waals surface area contributed by atoms with Crippen molar-refractivity contribution in [2.45, 2.75) is 30.4 Å². The highest BCUT2D eigenvalue weighted by molar-refractivity contribution is 9.10. The molecule has 1 N–H and O–H groups in total. The molecule has 0 fully saturated rings. The van der Waals surface area contributed by atoms with Crippen molar-refractivity contribution in [2.75, 3.05) is 0 Å². The van der Waals surface area contributed by atoms with E-state index in [0.717, 1.165) is 21.7 Å². The zero-order valence-corrected chi connectivity index (χ0v) is 14.0. The maximum Gasteiger partial charge on any atom is 0.130 e. The van der Waals surface area contributed by atoms with Crippen LogP contribution in [0.1, 0.15) is 31.3 Å². The van der Waals surface area contributed by atoms with Crippen molar-refractivity contribution >= 4 is 39.9 Å². The highest BCUT2D eigenvalue weighted by atomic mass is 79.9. The normalized spacial score (nSPS) is 10.9. The molecule has 0 spiro atoms. The van der Waals surface area contributed by atoms with Crippen molar-refractivity contribution in [2.24, 2.45) is 0 Å². The second kappa shape index (κ2) is 6.68. The predicted octanol–water partition coefficient (Wildman–Crippen LogP) is 5.32. The van der Waals surface area contributed by atoms with Gasteiger partial charge in [-0.05, 0) is 36.2 Å². The van der Waals surface area contributed by atoms with Crippen LogP contribution >= 0.6 is 39.9 Å². The average Bonchev–Trinajstić information content (AvgIpc) is 2.37. The number of nitrogens with one attached hydrogen (secondary N) is 1. The van der Waals surface area contributed by atoms with Crippen LogP contribution < -0.4 is 0 Å². The van der Waals surface area contributed by atoms with E-state index in [2.05, 4.69) is 51.9 Å². The number of hydrogen-bond donors (Lipinski definition) is 1. The molecule has 1 aromatic heterocycles. The van der Waals surface area contributed by atoms with E-state index >= 15 is 0 Å². The SMILES string of the molecule is CC(C)c1cc(=S)nc(CSc2ccc(Br)cc2)[nH]1. The molecule has 0 saturated carbocycles. The number of aromatic nitrogens is 2. The van der Waals surface area contributed by atoms with Crippen LogP contribution in [0.25, 0.3) is 0 Å². The molecule has 0 atom stereocenters. The molecule has 0 aliphatic heterocycles. The van der Waals surface area contributed by atoms with Crippen LogP contribution in [0.3, 0.4) is 0 Å². The third kappa shape index (κ3) is 4.44. The predicted molar refractivity (Wildman–Crippen MR) is 87.2 cm³/mol.